The van der Waals surface area contributed by atoms with Crippen molar-refractivity contribution in [2.75, 3.05) is 5.73 Å². The van der Waals surface area contributed by atoms with Gasteiger partial charge in [0.25, 0.3) is 0 Å². The SMILES string of the molecule is CCC(C)(C)c1cc(N)n(CC(=O)O)n1. The number of nitrogens with two attached hydrogens (primary N) is 1. The fraction of sp³-hybridized carbons (Fsp3) is 0.600. The number of nitrogen functional groups attached to an aromatic ring is 1. The minimum absolute atomic E-state index is 0.0716. The Balaban J connectivity index is 3.00. The lowest BCUT2D eigenvalue weighted by Crippen LogP contribution is -2.18. The Morgan fingerprint density at radius 3 is 2.73 bits per heavy atom. The summed E-state index contributed by atoms with van der Waals surface area (Å²) in [6.45, 7) is 5.98. The van der Waals surface area contributed by atoms with Crippen LogP contribution in [0.1, 0.15) is 32.9 Å². The van der Waals surface area contributed by atoms with Crippen LogP contribution < -0.4 is 5.73 Å². The van der Waals surface area contributed by atoms with Crippen molar-refractivity contribution in [2.45, 2.75) is 39.2 Å². The molecule has 0 radical (unpaired) electrons. The molecule has 5 heteroatoms. The third-order valence-electron chi connectivity index (χ3n) is 2.67. The summed E-state index contributed by atoms with van der Waals surface area (Å²) in [5, 5.41) is 12.8. The second kappa shape index (κ2) is 3.92. The molecule has 1 aromatic heterocycles. The average Bonchev–Trinajstić information content (AvgIpc) is 2.48. The van der Waals surface area contributed by atoms with Crippen LogP contribution in [0, 0.1) is 0 Å². The maximum Gasteiger partial charge on any atom is 0.325 e. The zero-order valence-corrected chi connectivity index (χ0v) is 9.32. The van der Waals surface area contributed by atoms with E-state index in [0.717, 1.165) is 12.1 Å². The number of carboxylic acids is 1. The highest BCUT2D eigenvalue weighted by molar-refractivity contribution is 5.67. The van der Waals surface area contributed by atoms with Crippen LogP contribution in [0.15, 0.2) is 6.07 Å². The minimum Gasteiger partial charge on any atom is -0.480 e. The first-order valence-corrected chi connectivity index (χ1v) is 4.92. The van der Waals surface area contributed by atoms with Crippen molar-refractivity contribution in [3.05, 3.63) is 11.8 Å². The molecule has 1 aromatic rings. The number of nitrogens with zero attached hydrogens (tertiary/aromatic N) is 2. The van der Waals surface area contributed by atoms with Gasteiger partial charge in [-0.05, 0) is 6.42 Å². The lowest BCUT2D eigenvalue weighted by Gasteiger charge is -2.19. The van der Waals surface area contributed by atoms with Gasteiger partial charge in [-0.1, -0.05) is 20.8 Å². The molecular formula is C10H17N3O2. The molecule has 0 fully saturated rings. The van der Waals surface area contributed by atoms with Crippen LogP contribution in [0.4, 0.5) is 5.82 Å². The summed E-state index contributed by atoms with van der Waals surface area (Å²) >= 11 is 0. The molecule has 0 aromatic carbocycles. The fourth-order valence-corrected chi connectivity index (χ4v) is 1.20. The zero-order valence-electron chi connectivity index (χ0n) is 9.32. The Bertz CT molecular complexity index is 369. The number of anilines is 1. The molecule has 0 unspecified atom stereocenters. The summed E-state index contributed by atoms with van der Waals surface area (Å²) in [5.41, 5.74) is 6.44. The molecular weight excluding hydrogens is 194 g/mol. The quantitative estimate of drug-likeness (QED) is 0.785. The number of rotatable bonds is 4. The van der Waals surface area contributed by atoms with Crippen molar-refractivity contribution in [1.29, 1.82) is 0 Å². The van der Waals surface area contributed by atoms with Crippen molar-refractivity contribution < 1.29 is 9.90 Å². The number of aliphatic carboxylic acids is 1. The Kier molecular flexibility index (Phi) is 3.02. The maximum atomic E-state index is 10.5. The Labute approximate surface area is 88.9 Å². The van der Waals surface area contributed by atoms with Gasteiger partial charge in [0.2, 0.25) is 0 Å². The molecule has 0 aliphatic carbocycles. The van der Waals surface area contributed by atoms with Crippen molar-refractivity contribution >= 4 is 11.8 Å². The van der Waals surface area contributed by atoms with Crippen LogP contribution in [0.3, 0.4) is 0 Å². The second-order valence-electron chi connectivity index (χ2n) is 4.24. The first-order chi connectivity index (χ1) is 6.86. The van der Waals surface area contributed by atoms with E-state index in [4.69, 9.17) is 10.8 Å². The van der Waals surface area contributed by atoms with E-state index in [1.54, 1.807) is 6.07 Å². The number of carboxylic acid groups (broad SMARTS) is 1. The molecule has 5 nitrogen and oxygen atoms in total. The summed E-state index contributed by atoms with van der Waals surface area (Å²) in [7, 11) is 0. The van der Waals surface area contributed by atoms with Gasteiger partial charge in [0.05, 0.1) is 5.69 Å². The van der Waals surface area contributed by atoms with E-state index in [-0.39, 0.29) is 12.0 Å². The topological polar surface area (TPSA) is 81.1 Å². The normalized spacial score (nSPS) is 11.7. The zero-order chi connectivity index (χ0) is 11.6. The van der Waals surface area contributed by atoms with E-state index < -0.39 is 5.97 Å². The Hall–Kier alpha value is -1.52. The highest BCUT2D eigenvalue weighted by Crippen LogP contribution is 2.26. The molecule has 1 heterocycles. The van der Waals surface area contributed by atoms with Crippen LogP contribution >= 0.6 is 0 Å². The summed E-state index contributed by atoms with van der Waals surface area (Å²) in [4.78, 5) is 10.5. The maximum absolute atomic E-state index is 10.5. The molecule has 0 spiro atoms. The van der Waals surface area contributed by atoms with Gasteiger partial charge in [-0.25, -0.2) is 4.68 Å². The van der Waals surface area contributed by atoms with Gasteiger partial charge in [0.1, 0.15) is 12.4 Å². The predicted molar refractivity (Wildman–Crippen MR) is 57.6 cm³/mol. The molecule has 0 saturated carbocycles. The predicted octanol–water partition coefficient (Wildman–Crippen LogP) is 1.24. The minimum atomic E-state index is -0.939. The molecule has 84 valence electrons. The smallest absolute Gasteiger partial charge is 0.325 e. The van der Waals surface area contributed by atoms with E-state index in [0.29, 0.717) is 5.82 Å². The first-order valence-electron chi connectivity index (χ1n) is 4.92. The van der Waals surface area contributed by atoms with E-state index in [9.17, 15) is 4.79 Å². The van der Waals surface area contributed by atoms with E-state index in [2.05, 4.69) is 25.9 Å². The average molecular weight is 211 g/mol. The van der Waals surface area contributed by atoms with Gasteiger partial charge >= 0.3 is 5.97 Å². The number of aromatic nitrogens is 2. The van der Waals surface area contributed by atoms with E-state index in [1.165, 1.54) is 4.68 Å². The van der Waals surface area contributed by atoms with Crippen LogP contribution in [0.5, 0.6) is 0 Å². The molecule has 0 atom stereocenters. The summed E-state index contributed by atoms with van der Waals surface area (Å²) in [5.74, 6) is -0.542. The molecule has 0 aliphatic heterocycles. The highest BCUT2D eigenvalue weighted by Gasteiger charge is 2.22. The summed E-state index contributed by atoms with van der Waals surface area (Å²) in [6.07, 6.45) is 0.927. The highest BCUT2D eigenvalue weighted by atomic mass is 16.4. The lowest BCUT2D eigenvalue weighted by atomic mass is 9.87. The van der Waals surface area contributed by atoms with Gasteiger partial charge in [0.15, 0.2) is 0 Å². The van der Waals surface area contributed by atoms with Crippen LogP contribution in [-0.2, 0) is 16.8 Å². The van der Waals surface area contributed by atoms with Crippen LogP contribution in [-0.4, -0.2) is 20.9 Å². The van der Waals surface area contributed by atoms with E-state index in [1.807, 2.05) is 0 Å². The molecule has 0 aliphatic rings. The largest absolute Gasteiger partial charge is 0.480 e. The molecule has 15 heavy (non-hydrogen) atoms. The molecule has 0 saturated heterocycles. The first kappa shape index (κ1) is 11.6. The van der Waals surface area contributed by atoms with Gasteiger partial charge in [-0.15, -0.1) is 0 Å². The monoisotopic (exact) mass is 211 g/mol. The summed E-state index contributed by atoms with van der Waals surface area (Å²) < 4.78 is 1.31. The number of hydrogen-bond acceptors (Lipinski definition) is 3. The Morgan fingerprint density at radius 2 is 2.27 bits per heavy atom. The van der Waals surface area contributed by atoms with Crippen LogP contribution in [0.25, 0.3) is 0 Å². The molecule has 3 N–H and O–H groups in total. The number of carbonyl (C=O) groups is 1. The van der Waals surface area contributed by atoms with Crippen molar-refractivity contribution in [2.24, 2.45) is 0 Å². The van der Waals surface area contributed by atoms with E-state index >= 15 is 0 Å². The van der Waals surface area contributed by atoms with Crippen molar-refractivity contribution in [1.82, 2.24) is 9.78 Å². The van der Waals surface area contributed by atoms with Gasteiger partial charge in [-0.3, -0.25) is 4.79 Å². The summed E-state index contributed by atoms with van der Waals surface area (Å²) in [6, 6.07) is 1.74. The van der Waals surface area contributed by atoms with Crippen molar-refractivity contribution in [3.63, 3.8) is 0 Å². The van der Waals surface area contributed by atoms with Crippen LogP contribution in [0.2, 0.25) is 0 Å². The van der Waals surface area contributed by atoms with Gasteiger partial charge in [-0.2, -0.15) is 5.10 Å². The second-order valence-corrected chi connectivity index (χ2v) is 4.24. The third-order valence-corrected chi connectivity index (χ3v) is 2.67. The third kappa shape index (κ3) is 2.49. The van der Waals surface area contributed by atoms with Crippen molar-refractivity contribution in [3.8, 4) is 0 Å². The molecule has 0 amide bonds. The molecule has 0 bridgehead atoms. The lowest BCUT2D eigenvalue weighted by molar-refractivity contribution is -0.137. The fourth-order valence-electron chi connectivity index (χ4n) is 1.20. The number of hydrogen-bond donors (Lipinski definition) is 2. The Morgan fingerprint density at radius 1 is 1.67 bits per heavy atom. The van der Waals surface area contributed by atoms with Gasteiger partial charge in [0, 0.05) is 11.5 Å². The molecule has 1 rings (SSSR count). The standard InChI is InChI=1S/C10H17N3O2/c1-4-10(2,3)7-5-8(11)13(12-7)6-9(14)15/h5H,4,6,11H2,1-3H3,(H,14,15). The van der Waals surface area contributed by atoms with Gasteiger partial charge < -0.3 is 10.8 Å².